The molecule has 1 saturated heterocycles. The third-order valence-corrected chi connectivity index (χ3v) is 8.76. The van der Waals surface area contributed by atoms with Crippen LogP contribution in [0.5, 0.6) is 5.75 Å². The van der Waals surface area contributed by atoms with Gasteiger partial charge in [0.2, 0.25) is 5.91 Å². The Morgan fingerprint density at radius 1 is 1.20 bits per heavy atom. The summed E-state index contributed by atoms with van der Waals surface area (Å²) in [5.41, 5.74) is 6.61. The molecule has 9 nitrogen and oxygen atoms in total. The van der Waals surface area contributed by atoms with Gasteiger partial charge in [0.1, 0.15) is 11.4 Å². The molecule has 1 N–H and O–H groups in total. The predicted molar refractivity (Wildman–Crippen MR) is 157 cm³/mol. The number of aryl methyl sites for hydroxylation is 1. The molecule has 1 spiro atoms. The van der Waals surface area contributed by atoms with Gasteiger partial charge in [0.25, 0.3) is 0 Å². The number of nitrogens with zero attached hydrogens (tertiary/aromatic N) is 4. The topological polar surface area (TPSA) is 102 Å². The van der Waals surface area contributed by atoms with Crippen molar-refractivity contribution in [2.24, 2.45) is 5.41 Å². The number of hydrogen-bond donors (Lipinski definition) is 1. The Kier molecular flexibility index (Phi) is 6.85. The summed E-state index contributed by atoms with van der Waals surface area (Å²) in [6.07, 6.45) is 5.10. The van der Waals surface area contributed by atoms with E-state index in [2.05, 4.69) is 28.4 Å². The molecule has 2 aromatic carbocycles. The number of esters is 1. The molecule has 2 aromatic heterocycles. The molecule has 0 atom stereocenters. The van der Waals surface area contributed by atoms with Crippen LogP contribution in [0.2, 0.25) is 5.02 Å². The van der Waals surface area contributed by atoms with Crippen molar-refractivity contribution in [1.29, 1.82) is 0 Å². The maximum atomic E-state index is 12.0. The van der Waals surface area contributed by atoms with Crippen LogP contribution in [0.15, 0.2) is 49.2 Å². The SMILES string of the molecule is C=CC(=O)N1CC2(CC(n3nc(-c4ccc(OCC(=O)OCC)cc4)c(-c4c(Cl)c(C)cc5[nH]ncc45)c3C)C2)C1. The quantitative estimate of drug-likeness (QED) is 0.216. The molecule has 1 aliphatic heterocycles. The van der Waals surface area contributed by atoms with Crippen molar-refractivity contribution in [3.8, 4) is 28.1 Å². The van der Waals surface area contributed by atoms with E-state index in [1.807, 2.05) is 42.2 Å². The average Bonchev–Trinajstić information content (AvgIpc) is 3.51. The second-order valence-corrected chi connectivity index (χ2v) is 11.4. The third-order valence-electron chi connectivity index (χ3n) is 8.28. The zero-order valence-electron chi connectivity index (χ0n) is 23.4. The van der Waals surface area contributed by atoms with Crippen LogP contribution in [0.1, 0.15) is 37.1 Å². The van der Waals surface area contributed by atoms with E-state index >= 15 is 0 Å². The van der Waals surface area contributed by atoms with Crippen LogP contribution in [0, 0.1) is 19.3 Å². The van der Waals surface area contributed by atoms with Crippen molar-refractivity contribution >= 4 is 34.4 Å². The van der Waals surface area contributed by atoms with Gasteiger partial charge >= 0.3 is 5.97 Å². The first kappa shape index (κ1) is 27.1. The van der Waals surface area contributed by atoms with E-state index in [1.54, 1.807) is 13.1 Å². The molecule has 2 aliphatic rings. The standard InChI is InChI=1S/C31H32ClN5O4/c1-5-25(38)36-16-31(17-36)12-21(13-31)37-19(4)27(28-23-14-33-34-24(23)11-18(3)29(28)32)30(35-37)20-7-9-22(10-8-20)41-15-26(39)40-6-2/h5,7-11,14,21H,1,6,12-13,15-17H2,2-4H3,(H,33,34). The molecule has 10 heteroatoms. The van der Waals surface area contributed by atoms with Gasteiger partial charge in [0, 0.05) is 46.3 Å². The molecule has 0 unspecified atom stereocenters. The molecular formula is C31H32ClN5O4. The van der Waals surface area contributed by atoms with E-state index in [0.717, 1.165) is 70.5 Å². The summed E-state index contributed by atoms with van der Waals surface area (Å²) in [4.78, 5) is 25.6. The second-order valence-electron chi connectivity index (χ2n) is 11.0. The lowest BCUT2D eigenvalue weighted by molar-refractivity contribution is -0.149. The molecule has 1 aliphatic carbocycles. The molecule has 41 heavy (non-hydrogen) atoms. The van der Waals surface area contributed by atoms with Gasteiger partial charge in [-0.25, -0.2) is 4.79 Å². The van der Waals surface area contributed by atoms with Gasteiger partial charge in [-0.1, -0.05) is 18.2 Å². The summed E-state index contributed by atoms with van der Waals surface area (Å²) in [6.45, 7) is 11.1. The number of fused-ring (bicyclic) bond motifs is 1. The summed E-state index contributed by atoms with van der Waals surface area (Å²) >= 11 is 7.00. The number of carbonyl (C=O) groups is 2. The van der Waals surface area contributed by atoms with Crippen LogP contribution in [-0.2, 0) is 14.3 Å². The van der Waals surface area contributed by atoms with Crippen LogP contribution < -0.4 is 4.74 Å². The smallest absolute Gasteiger partial charge is 0.344 e. The molecular weight excluding hydrogens is 542 g/mol. The fraction of sp³-hybridized carbons (Fsp3) is 0.355. The van der Waals surface area contributed by atoms with E-state index in [4.69, 9.17) is 26.2 Å². The number of H-pyrrole nitrogens is 1. The lowest BCUT2D eigenvalue weighted by Gasteiger charge is -2.58. The predicted octanol–water partition coefficient (Wildman–Crippen LogP) is 5.66. The largest absolute Gasteiger partial charge is 0.482 e. The number of nitrogens with one attached hydrogen (secondary N) is 1. The van der Waals surface area contributed by atoms with Gasteiger partial charge in [0.05, 0.1) is 29.4 Å². The van der Waals surface area contributed by atoms with Gasteiger partial charge in [0.15, 0.2) is 6.61 Å². The van der Waals surface area contributed by atoms with Crippen molar-refractivity contribution in [1.82, 2.24) is 24.9 Å². The lowest BCUT2D eigenvalue weighted by atomic mass is 9.60. The maximum Gasteiger partial charge on any atom is 0.344 e. The zero-order chi connectivity index (χ0) is 28.9. The number of likely N-dealkylation sites (tertiary alicyclic amines) is 1. The second kappa shape index (κ2) is 10.4. The highest BCUT2D eigenvalue weighted by molar-refractivity contribution is 6.36. The number of halogens is 1. The first-order valence-electron chi connectivity index (χ1n) is 13.8. The Morgan fingerprint density at radius 2 is 1.93 bits per heavy atom. The molecule has 4 aromatic rings. The van der Waals surface area contributed by atoms with Crippen LogP contribution in [0.3, 0.4) is 0 Å². The summed E-state index contributed by atoms with van der Waals surface area (Å²) in [7, 11) is 0. The Hall–Kier alpha value is -4.11. The number of aromatic amines is 1. The zero-order valence-corrected chi connectivity index (χ0v) is 24.1. The van der Waals surface area contributed by atoms with Gasteiger partial charge in [-0.2, -0.15) is 10.2 Å². The molecule has 1 saturated carbocycles. The lowest BCUT2D eigenvalue weighted by Crippen LogP contribution is -2.63. The fourth-order valence-electron chi connectivity index (χ4n) is 6.29. The van der Waals surface area contributed by atoms with Crippen molar-refractivity contribution in [2.75, 3.05) is 26.3 Å². The van der Waals surface area contributed by atoms with E-state index in [-0.39, 0.29) is 24.0 Å². The van der Waals surface area contributed by atoms with Crippen LogP contribution >= 0.6 is 11.6 Å². The fourth-order valence-corrected chi connectivity index (χ4v) is 6.54. The van der Waals surface area contributed by atoms with Crippen molar-refractivity contribution in [3.63, 3.8) is 0 Å². The normalized spacial score (nSPS) is 16.0. The summed E-state index contributed by atoms with van der Waals surface area (Å²) in [6, 6.07) is 9.77. The molecule has 6 rings (SSSR count). The summed E-state index contributed by atoms with van der Waals surface area (Å²) in [5.74, 6) is 0.148. The number of benzene rings is 2. The van der Waals surface area contributed by atoms with Crippen molar-refractivity contribution in [2.45, 2.75) is 39.7 Å². The Labute approximate surface area is 243 Å². The van der Waals surface area contributed by atoms with Gasteiger partial charge in [-0.15, -0.1) is 0 Å². The van der Waals surface area contributed by atoms with E-state index < -0.39 is 5.97 Å². The molecule has 1 amide bonds. The van der Waals surface area contributed by atoms with Crippen LogP contribution in [0.4, 0.5) is 0 Å². The Balaban J connectivity index is 1.37. The number of rotatable bonds is 8. The van der Waals surface area contributed by atoms with Gasteiger partial charge in [-0.3, -0.25) is 14.6 Å². The molecule has 3 heterocycles. The van der Waals surface area contributed by atoms with Crippen LogP contribution in [0.25, 0.3) is 33.3 Å². The first-order chi connectivity index (χ1) is 19.7. The summed E-state index contributed by atoms with van der Waals surface area (Å²) in [5, 5.41) is 14.2. The highest BCUT2D eigenvalue weighted by Crippen LogP contribution is 2.55. The summed E-state index contributed by atoms with van der Waals surface area (Å²) < 4.78 is 12.7. The average molecular weight is 574 g/mol. The van der Waals surface area contributed by atoms with Crippen molar-refractivity contribution in [3.05, 3.63) is 65.5 Å². The maximum absolute atomic E-state index is 12.0. The third kappa shape index (κ3) is 4.68. The minimum atomic E-state index is -0.409. The van der Waals surface area contributed by atoms with E-state index in [1.165, 1.54) is 6.08 Å². The number of carbonyl (C=O) groups excluding carboxylic acids is 2. The van der Waals surface area contributed by atoms with E-state index in [0.29, 0.717) is 17.4 Å². The van der Waals surface area contributed by atoms with Gasteiger partial charge in [-0.05, 0) is 75.6 Å². The number of hydrogen-bond acceptors (Lipinski definition) is 6. The van der Waals surface area contributed by atoms with Gasteiger partial charge < -0.3 is 14.4 Å². The van der Waals surface area contributed by atoms with Crippen molar-refractivity contribution < 1.29 is 19.1 Å². The number of amides is 1. The first-order valence-corrected chi connectivity index (χ1v) is 14.1. The molecule has 0 radical (unpaired) electrons. The monoisotopic (exact) mass is 573 g/mol. The minimum absolute atomic E-state index is 0.00758. The van der Waals surface area contributed by atoms with Crippen LogP contribution in [-0.4, -0.2) is 63.1 Å². The minimum Gasteiger partial charge on any atom is -0.482 e. The highest BCUT2D eigenvalue weighted by atomic mass is 35.5. The molecule has 0 bridgehead atoms. The Bertz CT molecular complexity index is 1660. The molecule has 212 valence electrons. The molecule has 2 fully saturated rings. The Morgan fingerprint density at radius 3 is 2.61 bits per heavy atom. The van der Waals surface area contributed by atoms with E-state index in [9.17, 15) is 9.59 Å². The highest BCUT2D eigenvalue weighted by Gasteiger charge is 2.54. The number of aromatic nitrogens is 4. The number of ether oxygens (including phenoxy) is 2.